The van der Waals surface area contributed by atoms with Gasteiger partial charge in [-0.15, -0.1) is 0 Å². The van der Waals surface area contributed by atoms with E-state index in [1.165, 1.54) is 30.5 Å². The molecule has 0 saturated carbocycles. The molecule has 0 atom stereocenters. The molecule has 1 heterocycles. The Morgan fingerprint density at radius 2 is 1.59 bits per heavy atom. The third kappa shape index (κ3) is 4.21. The summed E-state index contributed by atoms with van der Waals surface area (Å²) in [6.45, 7) is 1.89. The molecule has 0 radical (unpaired) electrons. The molecular formula is C18H15N3O5S. The predicted octanol–water partition coefficient (Wildman–Crippen LogP) is 3.78. The second-order valence-electron chi connectivity index (χ2n) is 5.64. The monoisotopic (exact) mass is 385 g/mol. The molecule has 0 amide bonds. The van der Waals surface area contributed by atoms with Crippen molar-refractivity contribution >= 4 is 27.6 Å². The minimum Gasteiger partial charge on any atom is -0.400 e. The van der Waals surface area contributed by atoms with Gasteiger partial charge in [-0.25, -0.2) is 8.42 Å². The molecule has 1 aromatic heterocycles. The number of sulfone groups is 1. The molecular weight excluding hydrogens is 370 g/mol. The van der Waals surface area contributed by atoms with Crippen LogP contribution in [0.5, 0.6) is 0 Å². The van der Waals surface area contributed by atoms with Crippen LogP contribution in [-0.4, -0.2) is 19.6 Å². The number of benzene rings is 2. The zero-order valence-electron chi connectivity index (χ0n) is 14.2. The van der Waals surface area contributed by atoms with Gasteiger partial charge < -0.3 is 4.42 Å². The Bertz CT molecular complexity index is 1080. The summed E-state index contributed by atoms with van der Waals surface area (Å²) in [5, 5.41) is 14.4. The van der Waals surface area contributed by atoms with E-state index in [1.54, 1.807) is 36.4 Å². The van der Waals surface area contributed by atoms with Crippen molar-refractivity contribution in [2.75, 3.05) is 5.43 Å². The Balaban J connectivity index is 1.70. The van der Waals surface area contributed by atoms with E-state index >= 15 is 0 Å². The van der Waals surface area contributed by atoms with E-state index in [9.17, 15) is 18.5 Å². The van der Waals surface area contributed by atoms with Gasteiger partial charge in [-0.2, -0.15) is 5.10 Å². The maximum atomic E-state index is 12.6. The number of furan rings is 1. The van der Waals surface area contributed by atoms with Crippen LogP contribution in [0.25, 0.3) is 0 Å². The van der Waals surface area contributed by atoms with Crippen LogP contribution in [0.2, 0.25) is 0 Å². The fourth-order valence-corrected chi connectivity index (χ4v) is 3.50. The summed E-state index contributed by atoms with van der Waals surface area (Å²) in [6, 6.07) is 15.4. The van der Waals surface area contributed by atoms with Crippen molar-refractivity contribution in [1.29, 1.82) is 0 Å². The van der Waals surface area contributed by atoms with Crippen molar-refractivity contribution in [2.45, 2.75) is 16.7 Å². The number of nitrogens with zero attached hydrogens (tertiary/aromatic N) is 2. The lowest BCUT2D eigenvalue weighted by Crippen LogP contribution is -2.02. The molecule has 0 aliphatic carbocycles. The van der Waals surface area contributed by atoms with E-state index in [0.717, 1.165) is 5.56 Å². The fourth-order valence-electron chi connectivity index (χ4n) is 2.24. The standard InChI is InChI=1S/C18H15N3O5S/c1-13-2-7-16(8-3-13)27(24,25)17-9-4-14(5-10-17)20-19-12-15-6-11-18(26-15)21(22)23/h2-12,20H,1H3/b19-12-. The summed E-state index contributed by atoms with van der Waals surface area (Å²) in [4.78, 5) is 10.3. The van der Waals surface area contributed by atoms with Gasteiger partial charge in [0, 0.05) is 0 Å². The van der Waals surface area contributed by atoms with Gasteiger partial charge in [-0.3, -0.25) is 15.5 Å². The van der Waals surface area contributed by atoms with Crippen LogP contribution in [-0.2, 0) is 9.84 Å². The van der Waals surface area contributed by atoms with Crippen molar-refractivity contribution in [3.63, 3.8) is 0 Å². The topological polar surface area (TPSA) is 115 Å². The first-order chi connectivity index (χ1) is 12.9. The zero-order valence-corrected chi connectivity index (χ0v) is 15.0. The minimum absolute atomic E-state index is 0.169. The molecule has 8 nitrogen and oxygen atoms in total. The van der Waals surface area contributed by atoms with Crippen molar-refractivity contribution in [3.8, 4) is 0 Å². The molecule has 3 aromatic rings. The van der Waals surface area contributed by atoms with Crippen molar-refractivity contribution in [2.24, 2.45) is 5.10 Å². The van der Waals surface area contributed by atoms with Gasteiger partial charge in [-0.1, -0.05) is 17.7 Å². The second kappa shape index (κ2) is 7.42. The Labute approximate surface area is 155 Å². The Morgan fingerprint density at radius 3 is 2.15 bits per heavy atom. The molecule has 0 bridgehead atoms. The lowest BCUT2D eigenvalue weighted by Gasteiger charge is -2.06. The molecule has 0 aliphatic heterocycles. The first-order valence-electron chi connectivity index (χ1n) is 7.81. The predicted molar refractivity (Wildman–Crippen MR) is 99.7 cm³/mol. The van der Waals surface area contributed by atoms with Gasteiger partial charge >= 0.3 is 5.88 Å². The SMILES string of the molecule is Cc1ccc(S(=O)(=O)c2ccc(N/N=C\c3ccc([N+](=O)[O-])o3)cc2)cc1. The minimum atomic E-state index is -3.59. The highest BCUT2D eigenvalue weighted by molar-refractivity contribution is 7.91. The van der Waals surface area contributed by atoms with Gasteiger partial charge in [0.25, 0.3) is 0 Å². The zero-order chi connectivity index (χ0) is 19.4. The van der Waals surface area contributed by atoms with Gasteiger partial charge in [0.2, 0.25) is 9.84 Å². The van der Waals surface area contributed by atoms with Crippen LogP contribution in [0, 0.1) is 17.0 Å². The average molecular weight is 385 g/mol. The number of hydrogen-bond donors (Lipinski definition) is 1. The number of hydrazone groups is 1. The van der Waals surface area contributed by atoms with Crippen molar-refractivity contribution in [1.82, 2.24) is 0 Å². The van der Waals surface area contributed by atoms with Gasteiger partial charge in [0.05, 0.1) is 27.8 Å². The summed E-state index contributed by atoms with van der Waals surface area (Å²) < 4.78 is 30.1. The van der Waals surface area contributed by atoms with Crippen LogP contribution < -0.4 is 5.43 Å². The largest absolute Gasteiger partial charge is 0.433 e. The Morgan fingerprint density at radius 1 is 1.00 bits per heavy atom. The smallest absolute Gasteiger partial charge is 0.400 e. The molecule has 1 N–H and O–H groups in total. The number of rotatable bonds is 6. The van der Waals surface area contributed by atoms with E-state index in [-0.39, 0.29) is 21.4 Å². The van der Waals surface area contributed by atoms with Gasteiger partial charge in [0.1, 0.15) is 4.92 Å². The highest BCUT2D eigenvalue weighted by atomic mass is 32.2. The van der Waals surface area contributed by atoms with Crippen LogP contribution in [0.1, 0.15) is 11.3 Å². The molecule has 0 saturated heterocycles. The summed E-state index contributed by atoms with van der Waals surface area (Å²) in [7, 11) is -3.59. The Hall–Kier alpha value is -3.46. The highest BCUT2D eigenvalue weighted by Gasteiger charge is 2.17. The number of nitrogens with one attached hydrogen (secondary N) is 1. The van der Waals surface area contributed by atoms with Crippen LogP contribution >= 0.6 is 0 Å². The number of anilines is 1. The van der Waals surface area contributed by atoms with E-state index in [1.807, 2.05) is 6.92 Å². The van der Waals surface area contributed by atoms with Gasteiger partial charge in [0.15, 0.2) is 5.76 Å². The van der Waals surface area contributed by atoms with E-state index in [2.05, 4.69) is 10.5 Å². The molecule has 0 aliphatic rings. The molecule has 0 unspecified atom stereocenters. The van der Waals surface area contributed by atoms with Gasteiger partial charge in [-0.05, 0) is 49.4 Å². The summed E-state index contributed by atoms with van der Waals surface area (Å²) in [5.41, 5.74) is 4.23. The fraction of sp³-hybridized carbons (Fsp3) is 0.0556. The maximum Gasteiger partial charge on any atom is 0.433 e. The first-order valence-corrected chi connectivity index (χ1v) is 9.30. The lowest BCUT2D eigenvalue weighted by atomic mass is 10.2. The highest BCUT2D eigenvalue weighted by Crippen LogP contribution is 2.22. The van der Waals surface area contributed by atoms with E-state index in [4.69, 9.17) is 4.42 Å². The third-order valence-corrected chi connectivity index (χ3v) is 5.46. The summed E-state index contributed by atoms with van der Waals surface area (Å²) in [6.07, 6.45) is 1.28. The number of nitro groups is 1. The molecule has 0 spiro atoms. The molecule has 0 fully saturated rings. The first kappa shape index (κ1) is 18.3. The average Bonchev–Trinajstić information content (AvgIpc) is 3.12. The molecule has 3 rings (SSSR count). The summed E-state index contributed by atoms with van der Waals surface area (Å²) >= 11 is 0. The van der Waals surface area contributed by atoms with Crippen LogP contribution in [0.15, 0.2) is 80.0 Å². The van der Waals surface area contributed by atoms with Crippen molar-refractivity contribution < 1.29 is 17.8 Å². The normalized spacial score (nSPS) is 11.6. The summed E-state index contributed by atoms with van der Waals surface area (Å²) in [5.74, 6) is -0.158. The Kier molecular flexibility index (Phi) is 5.04. The number of aryl methyl sites for hydroxylation is 1. The maximum absolute atomic E-state index is 12.6. The molecule has 27 heavy (non-hydrogen) atoms. The lowest BCUT2D eigenvalue weighted by molar-refractivity contribution is -0.402. The van der Waals surface area contributed by atoms with Crippen molar-refractivity contribution in [3.05, 3.63) is 82.1 Å². The molecule has 9 heteroatoms. The van der Waals surface area contributed by atoms with Crippen LogP contribution in [0.4, 0.5) is 11.6 Å². The number of hydrogen-bond acceptors (Lipinski definition) is 7. The van der Waals surface area contributed by atoms with E-state index < -0.39 is 14.8 Å². The van der Waals surface area contributed by atoms with E-state index in [0.29, 0.717) is 5.69 Å². The molecule has 138 valence electrons. The quantitative estimate of drug-likeness (QED) is 0.392. The van der Waals surface area contributed by atoms with Crippen LogP contribution in [0.3, 0.4) is 0 Å². The second-order valence-corrected chi connectivity index (χ2v) is 7.59. The molecule has 2 aromatic carbocycles. The third-order valence-electron chi connectivity index (χ3n) is 3.67.